The number of nitrogens with zero attached hydrogens (tertiary/aromatic N) is 1. The molecule has 1 rings (SSSR count). The van der Waals surface area contributed by atoms with Crippen molar-refractivity contribution in [2.45, 2.75) is 12.7 Å². The number of carbonyl (C=O) groups excluding carboxylic acids is 3. The molecular formula is C17H28N2O9. The number of aliphatic hydroxyl groups excluding tert-OH is 1. The summed E-state index contributed by atoms with van der Waals surface area (Å²) in [6, 6.07) is 0. The van der Waals surface area contributed by atoms with Gasteiger partial charge in [0.25, 0.3) is 11.8 Å². The minimum atomic E-state index is -1.35. The molecule has 1 aliphatic rings. The summed E-state index contributed by atoms with van der Waals surface area (Å²) in [7, 11) is 0. The second kappa shape index (κ2) is 15.1. The van der Waals surface area contributed by atoms with Crippen molar-refractivity contribution in [1.29, 1.82) is 0 Å². The van der Waals surface area contributed by atoms with Gasteiger partial charge < -0.3 is 34.5 Å². The standard InChI is InChI=1S/C17H28N2O9/c20-14(13-19-15(21)1-2-16(19)22)18-4-6-26-8-10-28-12-11-27-9-7-25-5-3-17(23)24/h1-2,17,23-24H,3-13H2,(H,18,20). The molecule has 0 aromatic heterocycles. The summed E-state index contributed by atoms with van der Waals surface area (Å²) >= 11 is 0. The van der Waals surface area contributed by atoms with Crippen molar-refractivity contribution in [2.75, 3.05) is 65.9 Å². The average Bonchev–Trinajstić information content (AvgIpc) is 2.96. The highest BCUT2D eigenvalue weighted by molar-refractivity contribution is 6.14. The van der Waals surface area contributed by atoms with Gasteiger partial charge in [0.1, 0.15) is 6.54 Å². The molecule has 0 saturated carbocycles. The second-order valence-corrected chi connectivity index (χ2v) is 5.66. The Morgan fingerprint density at radius 2 is 1.32 bits per heavy atom. The number of carbonyl (C=O) groups is 3. The fraction of sp³-hybridized carbons (Fsp3) is 0.706. The molecule has 160 valence electrons. The van der Waals surface area contributed by atoms with E-state index in [1.165, 1.54) is 0 Å². The molecule has 0 aromatic rings. The molecule has 28 heavy (non-hydrogen) atoms. The molecule has 0 spiro atoms. The van der Waals surface area contributed by atoms with Gasteiger partial charge >= 0.3 is 0 Å². The Morgan fingerprint density at radius 3 is 1.82 bits per heavy atom. The van der Waals surface area contributed by atoms with E-state index in [4.69, 9.17) is 29.2 Å². The lowest BCUT2D eigenvalue weighted by Crippen LogP contribution is -2.41. The van der Waals surface area contributed by atoms with E-state index in [0.29, 0.717) is 39.6 Å². The lowest BCUT2D eigenvalue weighted by Gasteiger charge is -2.13. The first-order valence-corrected chi connectivity index (χ1v) is 8.98. The quantitative estimate of drug-likeness (QED) is 0.140. The Bertz CT molecular complexity index is 493. The Morgan fingerprint density at radius 1 is 0.857 bits per heavy atom. The molecule has 0 atom stereocenters. The second-order valence-electron chi connectivity index (χ2n) is 5.66. The Kier molecular flexibility index (Phi) is 13.0. The van der Waals surface area contributed by atoms with E-state index >= 15 is 0 Å². The predicted octanol–water partition coefficient (Wildman–Crippen LogP) is -2.21. The molecule has 1 heterocycles. The highest BCUT2D eigenvalue weighted by Crippen LogP contribution is 2.02. The van der Waals surface area contributed by atoms with Gasteiger partial charge in [-0.05, 0) is 0 Å². The lowest BCUT2D eigenvalue weighted by molar-refractivity contribution is -0.141. The number of amides is 3. The summed E-state index contributed by atoms with van der Waals surface area (Å²) in [6.07, 6.45) is 1.07. The predicted molar refractivity (Wildman–Crippen MR) is 95.0 cm³/mol. The van der Waals surface area contributed by atoms with Crippen LogP contribution in [0.25, 0.3) is 0 Å². The first-order chi connectivity index (χ1) is 13.5. The van der Waals surface area contributed by atoms with Crippen LogP contribution in [0.2, 0.25) is 0 Å². The summed E-state index contributed by atoms with van der Waals surface area (Å²) < 4.78 is 21.0. The summed E-state index contributed by atoms with van der Waals surface area (Å²) in [5.74, 6) is -1.42. The number of aliphatic hydroxyl groups is 2. The summed E-state index contributed by atoms with van der Waals surface area (Å²) in [4.78, 5) is 35.1. The van der Waals surface area contributed by atoms with Crippen LogP contribution in [-0.2, 0) is 33.3 Å². The van der Waals surface area contributed by atoms with Crippen LogP contribution in [0.1, 0.15) is 6.42 Å². The fourth-order valence-electron chi connectivity index (χ4n) is 2.00. The lowest BCUT2D eigenvalue weighted by atomic mass is 10.4. The zero-order chi connectivity index (χ0) is 20.6. The van der Waals surface area contributed by atoms with Crippen LogP contribution in [0, 0.1) is 0 Å². The van der Waals surface area contributed by atoms with E-state index in [1.807, 2.05) is 0 Å². The SMILES string of the molecule is O=C(CN1C(=O)C=CC1=O)NCCOCCOCCOCCOCCC(O)O. The maximum absolute atomic E-state index is 11.6. The fourth-order valence-corrected chi connectivity index (χ4v) is 2.00. The molecule has 11 heteroatoms. The largest absolute Gasteiger partial charge is 0.379 e. The van der Waals surface area contributed by atoms with Crippen molar-refractivity contribution in [3.63, 3.8) is 0 Å². The Hall–Kier alpha value is -1.89. The maximum Gasteiger partial charge on any atom is 0.254 e. The molecule has 3 amide bonds. The minimum absolute atomic E-state index is 0.169. The van der Waals surface area contributed by atoms with E-state index in [-0.39, 0.29) is 32.7 Å². The molecule has 0 unspecified atom stereocenters. The van der Waals surface area contributed by atoms with Gasteiger partial charge in [0.15, 0.2) is 6.29 Å². The number of nitrogens with one attached hydrogen (secondary N) is 1. The molecule has 1 aliphatic heterocycles. The number of rotatable bonds is 17. The molecule has 11 nitrogen and oxygen atoms in total. The molecule has 0 radical (unpaired) electrons. The van der Waals surface area contributed by atoms with Crippen molar-refractivity contribution in [3.8, 4) is 0 Å². The van der Waals surface area contributed by atoms with Gasteiger partial charge in [0.2, 0.25) is 5.91 Å². The third-order valence-electron chi connectivity index (χ3n) is 3.41. The van der Waals surface area contributed by atoms with Crippen LogP contribution >= 0.6 is 0 Å². The van der Waals surface area contributed by atoms with Gasteiger partial charge in [-0.3, -0.25) is 19.3 Å². The van der Waals surface area contributed by atoms with Crippen LogP contribution in [-0.4, -0.2) is 105 Å². The van der Waals surface area contributed by atoms with Gasteiger partial charge in [-0.2, -0.15) is 0 Å². The number of ether oxygens (including phenoxy) is 4. The first kappa shape index (κ1) is 24.1. The Labute approximate surface area is 163 Å². The van der Waals surface area contributed by atoms with Gasteiger partial charge in [-0.1, -0.05) is 0 Å². The normalized spacial score (nSPS) is 13.8. The van der Waals surface area contributed by atoms with Gasteiger partial charge in [0, 0.05) is 25.1 Å². The van der Waals surface area contributed by atoms with Crippen molar-refractivity contribution < 1.29 is 43.5 Å². The molecule has 0 fully saturated rings. The molecule has 0 aliphatic carbocycles. The maximum atomic E-state index is 11.6. The van der Waals surface area contributed by atoms with Gasteiger partial charge in [-0.15, -0.1) is 0 Å². The van der Waals surface area contributed by atoms with E-state index in [9.17, 15) is 14.4 Å². The van der Waals surface area contributed by atoms with Crippen LogP contribution in [0.3, 0.4) is 0 Å². The van der Waals surface area contributed by atoms with Crippen LogP contribution < -0.4 is 5.32 Å². The van der Waals surface area contributed by atoms with Crippen LogP contribution in [0.4, 0.5) is 0 Å². The zero-order valence-corrected chi connectivity index (χ0v) is 15.7. The first-order valence-electron chi connectivity index (χ1n) is 8.98. The molecule has 3 N–H and O–H groups in total. The molecular weight excluding hydrogens is 376 g/mol. The van der Waals surface area contributed by atoms with Crippen LogP contribution in [0.15, 0.2) is 12.2 Å². The number of imide groups is 1. The highest BCUT2D eigenvalue weighted by Gasteiger charge is 2.25. The smallest absolute Gasteiger partial charge is 0.254 e. The van der Waals surface area contributed by atoms with E-state index < -0.39 is 24.0 Å². The summed E-state index contributed by atoms with van der Waals surface area (Å²) in [5.41, 5.74) is 0. The van der Waals surface area contributed by atoms with Crippen molar-refractivity contribution in [2.24, 2.45) is 0 Å². The van der Waals surface area contributed by atoms with E-state index in [2.05, 4.69) is 5.32 Å². The van der Waals surface area contributed by atoms with Crippen molar-refractivity contribution in [1.82, 2.24) is 10.2 Å². The summed E-state index contributed by atoms with van der Waals surface area (Å²) in [6.45, 7) is 2.82. The van der Waals surface area contributed by atoms with Crippen molar-refractivity contribution >= 4 is 17.7 Å². The zero-order valence-electron chi connectivity index (χ0n) is 15.7. The number of hydrogen-bond acceptors (Lipinski definition) is 9. The van der Waals surface area contributed by atoms with Crippen molar-refractivity contribution in [3.05, 3.63) is 12.2 Å². The average molecular weight is 404 g/mol. The molecule has 0 aromatic carbocycles. The van der Waals surface area contributed by atoms with Gasteiger partial charge in [-0.25, -0.2) is 0 Å². The molecule has 0 bridgehead atoms. The molecule has 0 saturated heterocycles. The number of hydrogen-bond donors (Lipinski definition) is 3. The third-order valence-corrected chi connectivity index (χ3v) is 3.41. The van der Waals surface area contributed by atoms with Gasteiger partial charge in [0.05, 0.1) is 52.9 Å². The summed E-state index contributed by atoms with van der Waals surface area (Å²) in [5, 5.41) is 19.8. The monoisotopic (exact) mass is 404 g/mol. The van der Waals surface area contributed by atoms with Crippen LogP contribution in [0.5, 0.6) is 0 Å². The highest BCUT2D eigenvalue weighted by atomic mass is 16.6. The Balaban J connectivity index is 1.80. The van der Waals surface area contributed by atoms with E-state index in [1.54, 1.807) is 0 Å². The topological polar surface area (TPSA) is 144 Å². The van der Waals surface area contributed by atoms with E-state index in [0.717, 1.165) is 17.1 Å². The third kappa shape index (κ3) is 11.7. The minimum Gasteiger partial charge on any atom is -0.379 e.